The molecule has 0 amide bonds. The molecule has 0 aliphatic heterocycles. The Hall–Kier alpha value is -0.120. The minimum atomic E-state index is -0.782. The van der Waals surface area contributed by atoms with Gasteiger partial charge in [0.25, 0.3) is 0 Å². The Morgan fingerprint density at radius 1 is 1.44 bits per heavy atom. The van der Waals surface area contributed by atoms with Gasteiger partial charge in [-0.3, -0.25) is 0 Å². The van der Waals surface area contributed by atoms with Gasteiger partial charge >= 0.3 is 0 Å². The van der Waals surface area contributed by atoms with Crippen molar-refractivity contribution in [1.82, 2.24) is 0 Å². The van der Waals surface area contributed by atoms with Crippen molar-refractivity contribution < 1.29 is 10.2 Å². The topological polar surface area (TPSA) is 40.5 Å². The van der Waals surface area contributed by atoms with E-state index < -0.39 is 12.2 Å². The number of halogens is 1. The smallest absolute Gasteiger partial charge is 0.115 e. The first-order chi connectivity index (χ1) is 4.22. The molecule has 0 fully saturated rings. The monoisotopic (exact) mass is 190 g/mol. The summed E-state index contributed by atoms with van der Waals surface area (Å²) in [4.78, 5) is 0. The second kappa shape index (κ2) is 2.64. The van der Waals surface area contributed by atoms with Crippen LogP contribution in [0, 0.1) is 0 Å². The maximum absolute atomic E-state index is 9.03. The van der Waals surface area contributed by atoms with Crippen LogP contribution in [0.3, 0.4) is 0 Å². The molecule has 2 N–H and O–H groups in total. The molecular weight excluding hydrogens is 184 g/mol. The number of hydrogen-bond acceptors (Lipinski definition) is 2. The summed E-state index contributed by atoms with van der Waals surface area (Å²) in [6.45, 7) is 0. The molecule has 2 nitrogen and oxygen atoms in total. The summed E-state index contributed by atoms with van der Waals surface area (Å²) < 4.78 is 0.623. The second-order valence-corrected chi connectivity index (χ2v) is 2.79. The highest BCUT2D eigenvalue weighted by molar-refractivity contribution is 9.11. The predicted molar refractivity (Wildman–Crippen MR) is 38.2 cm³/mol. The maximum atomic E-state index is 9.03. The molecule has 50 valence electrons. The van der Waals surface area contributed by atoms with Crippen LogP contribution in [0.1, 0.15) is 0 Å². The van der Waals surface area contributed by atoms with Crippen LogP contribution in [0.4, 0.5) is 0 Å². The summed E-state index contributed by atoms with van der Waals surface area (Å²) in [5.74, 6) is 0. The molecule has 0 spiro atoms. The molecule has 1 rings (SSSR count). The van der Waals surface area contributed by atoms with Gasteiger partial charge in [0.05, 0.1) is 0 Å². The highest BCUT2D eigenvalue weighted by atomic mass is 79.9. The summed E-state index contributed by atoms with van der Waals surface area (Å²) in [6.07, 6.45) is 3.40. The van der Waals surface area contributed by atoms with Crippen molar-refractivity contribution in [2.45, 2.75) is 12.2 Å². The Kier molecular flexibility index (Phi) is 2.05. The van der Waals surface area contributed by atoms with Crippen LogP contribution < -0.4 is 0 Å². The van der Waals surface area contributed by atoms with Crippen molar-refractivity contribution in [3.63, 3.8) is 0 Å². The normalized spacial score (nSPS) is 34.3. The molecule has 1 aliphatic carbocycles. The molecule has 0 saturated heterocycles. The standard InChI is InChI=1S/C6H7BrO2/c7-4-2-1-3-5(8)6(4)9/h1-3,5-6,8-9H/t5-,6-/m1/s1. The van der Waals surface area contributed by atoms with Gasteiger partial charge in [-0.1, -0.05) is 28.1 Å². The second-order valence-electron chi connectivity index (χ2n) is 1.87. The van der Waals surface area contributed by atoms with Gasteiger partial charge in [-0.2, -0.15) is 0 Å². The fourth-order valence-corrected chi connectivity index (χ4v) is 1.05. The fourth-order valence-electron chi connectivity index (χ4n) is 0.628. The van der Waals surface area contributed by atoms with Crippen molar-refractivity contribution in [3.05, 3.63) is 22.7 Å². The summed E-state index contributed by atoms with van der Waals surface area (Å²) in [6, 6.07) is 0. The predicted octanol–water partition coefficient (Wildman–Crippen LogP) is 0.557. The molecule has 9 heavy (non-hydrogen) atoms. The van der Waals surface area contributed by atoms with Crippen molar-refractivity contribution in [3.8, 4) is 0 Å². The number of hydrogen-bond donors (Lipinski definition) is 2. The lowest BCUT2D eigenvalue weighted by Gasteiger charge is -2.16. The highest BCUT2D eigenvalue weighted by Gasteiger charge is 2.17. The summed E-state index contributed by atoms with van der Waals surface area (Å²) >= 11 is 3.09. The van der Waals surface area contributed by atoms with Gasteiger partial charge in [-0.05, 0) is 6.08 Å². The van der Waals surface area contributed by atoms with E-state index in [1.165, 1.54) is 6.08 Å². The maximum Gasteiger partial charge on any atom is 0.115 e. The van der Waals surface area contributed by atoms with E-state index in [-0.39, 0.29) is 0 Å². The SMILES string of the molecule is O[C@@H]1C=CC=C(Br)[C@H]1O. The van der Waals surface area contributed by atoms with Gasteiger partial charge in [-0.15, -0.1) is 0 Å². The van der Waals surface area contributed by atoms with Crippen LogP contribution in [0.25, 0.3) is 0 Å². The van der Waals surface area contributed by atoms with Crippen LogP contribution >= 0.6 is 15.9 Å². The van der Waals surface area contributed by atoms with Gasteiger partial charge in [0.1, 0.15) is 12.2 Å². The van der Waals surface area contributed by atoms with Crippen molar-refractivity contribution in [2.24, 2.45) is 0 Å². The Morgan fingerprint density at radius 2 is 2.11 bits per heavy atom. The first-order valence-corrected chi connectivity index (χ1v) is 3.41. The molecule has 0 unspecified atom stereocenters. The number of aliphatic hydroxyl groups excluding tert-OH is 2. The molecule has 1 aliphatic rings. The molecular formula is C6H7BrO2. The Morgan fingerprint density at radius 3 is 2.56 bits per heavy atom. The average Bonchev–Trinajstić information content (AvgIpc) is 1.83. The van der Waals surface area contributed by atoms with Crippen LogP contribution in [0.2, 0.25) is 0 Å². The van der Waals surface area contributed by atoms with Crippen LogP contribution in [0.15, 0.2) is 22.7 Å². The third kappa shape index (κ3) is 1.41. The van der Waals surface area contributed by atoms with Crippen LogP contribution in [-0.2, 0) is 0 Å². The Labute approximate surface area is 61.6 Å². The zero-order chi connectivity index (χ0) is 6.85. The van der Waals surface area contributed by atoms with E-state index in [0.717, 1.165) is 0 Å². The first-order valence-electron chi connectivity index (χ1n) is 2.62. The summed E-state index contributed by atoms with van der Waals surface area (Å²) in [5.41, 5.74) is 0. The van der Waals surface area contributed by atoms with E-state index in [4.69, 9.17) is 10.2 Å². The lowest BCUT2D eigenvalue weighted by molar-refractivity contribution is 0.0774. The zero-order valence-corrected chi connectivity index (χ0v) is 6.25. The van der Waals surface area contributed by atoms with Crippen molar-refractivity contribution >= 4 is 15.9 Å². The fraction of sp³-hybridized carbons (Fsp3) is 0.333. The van der Waals surface area contributed by atoms with Gasteiger partial charge in [0, 0.05) is 4.48 Å². The van der Waals surface area contributed by atoms with Crippen molar-refractivity contribution in [1.29, 1.82) is 0 Å². The quantitative estimate of drug-likeness (QED) is 0.587. The minimum absolute atomic E-state index is 0.623. The average molecular weight is 191 g/mol. The molecule has 0 saturated carbocycles. The zero-order valence-electron chi connectivity index (χ0n) is 4.66. The first kappa shape index (κ1) is 6.99. The number of aliphatic hydroxyl groups is 2. The van der Waals surface area contributed by atoms with E-state index in [1.807, 2.05) is 0 Å². The molecule has 0 aromatic rings. The van der Waals surface area contributed by atoms with Crippen LogP contribution in [-0.4, -0.2) is 22.4 Å². The number of rotatable bonds is 0. The minimum Gasteiger partial charge on any atom is -0.386 e. The van der Waals surface area contributed by atoms with E-state index in [9.17, 15) is 0 Å². The third-order valence-corrected chi connectivity index (χ3v) is 1.90. The molecule has 3 heteroatoms. The van der Waals surface area contributed by atoms with E-state index in [2.05, 4.69) is 15.9 Å². The number of allylic oxidation sites excluding steroid dienone is 2. The third-order valence-electron chi connectivity index (χ3n) is 1.17. The van der Waals surface area contributed by atoms with Crippen molar-refractivity contribution in [2.75, 3.05) is 0 Å². The molecule has 0 aromatic heterocycles. The van der Waals surface area contributed by atoms with E-state index in [1.54, 1.807) is 12.2 Å². The van der Waals surface area contributed by atoms with E-state index >= 15 is 0 Å². The van der Waals surface area contributed by atoms with E-state index in [0.29, 0.717) is 4.48 Å². The molecule has 2 atom stereocenters. The van der Waals surface area contributed by atoms with Crippen LogP contribution in [0.5, 0.6) is 0 Å². The van der Waals surface area contributed by atoms with Gasteiger partial charge in [0.15, 0.2) is 0 Å². The molecule has 0 radical (unpaired) electrons. The summed E-state index contributed by atoms with van der Waals surface area (Å²) in [5, 5.41) is 18.0. The Balaban J connectivity index is 2.73. The lowest BCUT2D eigenvalue weighted by Crippen LogP contribution is -2.25. The largest absolute Gasteiger partial charge is 0.386 e. The summed E-state index contributed by atoms with van der Waals surface area (Å²) in [7, 11) is 0. The highest BCUT2D eigenvalue weighted by Crippen LogP contribution is 2.18. The van der Waals surface area contributed by atoms with Gasteiger partial charge < -0.3 is 10.2 Å². The molecule has 0 aromatic carbocycles. The van der Waals surface area contributed by atoms with Gasteiger partial charge in [-0.25, -0.2) is 0 Å². The lowest BCUT2D eigenvalue weighted by atomic mass is 10.1. The molecule has 0 heterocycles. The molecule has 0 bridgehead atoms. The van der Waals surface area contributed by atoms with Gasteiger partial charge in [0.2, 0.25) is 0 Å². The Bertz CT molecular complexity index is 162.